The summed E-state index contributed by atoms with van der Waals surface area (Å²) < 4.78 is 5.32. The van der Waals surface area contributed by atoms with Gasteiger partial charge in [0.1, 0.15) is 0 Å². The van der Waals surface area contributed by atoms with Crippen LogP contribution in [0, 0.1) is 5.92 Å². The summed E-state index contributed by atoms with van der Waals surface area (Å²) in [4.78, 5) is 24.1. The molecule has 0 aromatic carbocycles. The number of hydrogen-bond acceptors (Lipinski definition) is 3. The van der Waals surface area contributed by atoms with Crippen LogP contribution in [0.1, 0.15) is 33.1 Å². The predicted molar refractivity (Wildman–Crippen MR) is 71.0 cm³/mol. The van der Waals surface area contributed by atoms with Crippen molar-refractivity contribution in [2.24, 2.45) is 5.92 Å². The highest BCUT2D eigenvalue weighted by molar-refractivity contribution is 5.74. The van der Waals surface area contributed by atoms with Crippen molar-refractivity contribution in [1.29, 1.82) is 0 Å². The van der Waals surface area contributed by atoms with Crippen LogP contribution in [0.3, 0.4) is 0 Å². The fourth-order valence-corrected chi connectivity index (χ4v) is 2.04. The molecule has 0 aromatic rings. The van der Waals surface area contributed by atoms with E-state index in [4.69, 9.17) is 9.84 Å². The quantitative estimate of drug-likeness (QED) is 0.714. The Balaban J connectivity index is 2.25. The van der Waals surface area contributed by atoms with Crippen LogP contribution >= 0.6 is 0 Å². The Morgan fingerprint density at radius 3 is 2.84 bits per heavy atom. The molecule has 1 aliphatic heterocycles. The third kappa shape index (κ3) is 6.42. The average molecular weight is 272 g/mol. The first-order valence-corrected chi connectivity index (χ1v) is 6.85. The van der Waals surface area contributed by atoms with Gasteiger partial charge in [0.15, 0.2) is 0 Å². The molecule has 2 N–H and O–H groups in total. The van der Waals surface area contributed by atoms with Gasteiger partial charge in [-0.15, -0.1) is 0 Å². The van der Waals surface area contributed by atoms with E-state index in [1.165, 1.54) is 0 Å². The lowest BCUT2D eigenvalue weighted by Crippen LogP contribution is -2.50. The number of carboxylic acid groups (broad SMARTS) is 1. The van der Waals surface area contributed by atoms with Crippen molar-refractivity contribution in [3.63, 3.8) is 0 Å². The third-order valence-electron chi connectivity index (χ3n) is 3.06. The van der Waals surface area contributed by atoms with Gasteiger partial charge in [0, 0.05) is 19.6 Å². The molecule has 0 bridgehead atoms. The predicted octanol–water partition coefficient (Wildman–Crippen LogP) is 1.31. The SMILES string of the molecule is CC(C)CCCNC(=O)N1CCOC(CC(=O)O)C1. The van der Waals surface area contributed by atoms with Gasteiger partial charge in [-0.1, -0.05) is 13.8 Å². The number of rotatable bonds is 6. The monoisotopic (exact) mass is 272 g/mol. The molecule has 0 aromatic heterocycles. The third-order valence-corrected chi connectivity index (χ3v) is 3.06. The molecule has 1 heterocycles. The van der Waals surface area contributed by atoms with E-state index in [0.717, 1.165) is 12.8 Å². The van der Waals surface area contributed by atoms with Crippen molar-refractivity contribution in [1.82, 2.24) is 10.2 Å². The number of urea groups is 1. The van der Waals surface area contributed by atoms with Gasteiger partial charge in [0.25, 0.3) is 0 Å². The highest BCUT2D eigenvalue weighted by atomic mass is 16.5. The first-order valence-electron chi connectivity index (χ1n) is 6.85. The second-order valence-electron chi connectivity index (χ2n) is 5.30. The number of amides is 2. The Labute approximate surface area is 114 Å². The van der Waals surface area contributed by atoms with Crippen molar-refractivity contribution >= 4 is 12.0 Å². The number of ether oxygens (including phenoxy) is 1. The zero-order chi connectivity index (χ0) is 14.3. The summed E-state index contributed by atoms with van der Waals surface area (Å²) in [7, 11) is 0. The van der Waals surface area contributed by atoms with Gasteiger partial charge >= 0.3 is 12.0 Å². The molecular weight excluding hydrogens is 248 g/mol. The van der Waals surface area contributed by atoms with Crippen LogP contribution in [0.25, 0.3) is 0 Å². The van der Waals surface area contributed by atoms with E-state index in [0.29, 0.717) is 32.2 Å². The number of morpholine rings is 1. The Hall–Kier alpha value is -1.30. The van der Waals surface area contributed by atoms with Gasteiger partial charge in [-0.05, 0) is 18.8 Å². The van der Waals surface area contributed by atoms with Gasteiger partial charge in [-0.2, -0.15) is 0 Å². The van der Waals surface area contributed by atoms with Crippen LogP contribution in [-0.4, -0.2) is 54.4 Å². The van der Waals surface area contributed by atoms with Gasteiger partial charge in [0.2, 0.25) is 0 Å². The standard InChI is InChI=1S/C13H24N2O4/c1-10(2)4-3-5-14-13(18)15-6-7-19-11(9-15)8-12(16)17/h10-11H,3-9H2,1-2H3,(H,14,18)(H,16,17). The number of carboxylic acids is 1. The molecule has 1 fully saturated rings. The molecule has 1 unspecified atom stereocenters. The van der Waals surface area contributed by atoms with Gasteiger partial charge in [0.05, 0.1) is 19.1 Å². The molecule has 6 heteroatoms. The largest absolute Gasteiger partial charge is 0.481 e. The lowest BCUT2D eigenvalue weighted by molar-refractivity contribution is -0.141. The van der Waals surface area contributed by atoms with Crippen LogP contribution in [0.2, 0.25) is 0 Å². The summed E-state index contributed by atoms with van der Waals surface area (Å²) in [5.41, 5.74) is 0. The summed E-state index contributed by atoms with van der Waals surface area (Å²) in [6.07, 6.45) is 1.60. The molecular formula is C13H24N2O4. The molecule has 1 atom stereocenters. The van der Waals surface area contributed by atoms with E-state index in [9.17, 15) is 9.59 Å². The zero-order valence-corrected chi connectivity index (χ0v) is 11.7. The molecule has 1 aliphatic rings. The zero-order valence-electron chi connectivity index (χ0n) is 11.7. The van der Waals surface area contributed by atoms with E-state index in [-0.39, 0.29) is 12.5 Å². The molecule has 110 valence electrons. The lowest BCUT2D eigenvalue weighted by atomic mass is 10.1. The summed E-state index contributed by atoms with van der Waals surface area (Å²) in [6, 6.07) is -0.123. The summed E-state index contributed by atoms with van der Waals surface area (Å²) in [6.45, 7) is 6.24. The minimum atomic E-state index is -0.899. The Kier molecular flexibility index (Phi) is 6.62. The molecule has 2 amide bonds. The van der Waals surface area contributed by atoms with Crippen LogP contribution in [0.15, 0.2) is 0 Å². The molecule has 6 nitrogen and oxygen atoms in total. The molecule has 0 saturated carbocycles. The second-order valence-corrected chi connectivity index (χ2v) is 5.30. The number of aliphatic carboxylic acids is 1. The van der Waals surface area contributed by atoms with Crippen molar-refractivity contribution < 1.29 is 19.4 Å². The Morgan fingerprint density at radius 2 is 2.21 bits per heavy atom. The average Bonchev–Trinajstić information content (AvgIpc) is 2.33. The van der Waals surface area contributed by atoms with Gasteiger partial charge in [-0.25, -0.2) is 4.79 Å². The Bertz CT molecular complexity index is 307. The van der Waals surface area contributed by atoms with E-state index in [1.807, 2.05) is 0 Å². The molecule has 1 saturated heterocycles. The number of nitrogens with one attached hydrogen (secondary N) is 1. The van der Waals surface area contributed by atoms with Crippen LogP contribution in [0.4, 0.5) is 4.79 Å². The number of hydrogen-bond donors (Lipinski definition) is 2. The summed E-state index contributed by atoms with van der Waals surface area (Å²) in [5.74, 6) is -0.260. The number of carbonyl (C=O) groups excluding carboxylic acids is 1. The second kappa shape index (κ2) is 7.99. The number of nitrogens with zero attached hydrogens (tertiary/aromatic N) is 1. The molecule has 0 radical (unpaired) electrons. The summed E-state index contributed by atoms with van der Waals surface area (Å²) in [5, 5.41) is 11.6. The lowest BCUT2D eigenvalue weighted by Gasteiger charge is -2.32. The molecule has 0 spiro atoms. The first kappa shape index (κ1) is 15.8. The maximum Gasteiger partial charge on any atom is 0.317 e. The van der Waals surface area contributed by atoms with Crippen molar-refractivity contribution in [2.45, 2.75) is 39.2 Å². The van der Waals surface area contributed by atoms with E-state index < -0.39 is 12.1 Å². The van der Waals surface area contributed by atoms with E-state index >= 15 is 0 Å². The highest BCUT2D eigenvalue weighted by Gasteiger charge is 2.25. The Morgan fingerprint density at radius 1 is 1.47 bits per heavy atom. The highest BCUT2D eigenvalue weighted by Crippen LogP contribution is 2.09. The molecule has 19 heavy (non-hydrogen) atoms. The van der Waals surface area contributed by atoms with Gasteiger partial charge < -0.3 is 20.1 Å². The smallest absolute Gasteiger partial charge is 0.317 e. The van der Waals surface area contributed by atoms with Crippen LogP contribution < -0.4 is 5.32 Å². The minimum Gasteiger partial charge on any atom is -0.481 e. The fourth-order valence-electron chi connectivity index (χ4n) is 2.04. The normalized spacial score (nSPS) is 19.5. The van der Waals surface area contributed by atoms with E-state index in [1.54, 1.807) is 4.90 Å². The summed E-state index contributed by atoms with van der Waals surface area (Å²) >= 11 is 0. The minimum absolute atomic E-state index is 0.0584. The topological polar surface area (TPSA) is 78.9 Å². The van der Waals surface area contributed by atoms with E-state index in [2.05, 4.69) is 19.2 Å². The van der Waals surface area contributed by atoms with Gasteiger partial charge in [-0.3, -0.25) is 4.79 Å². The maximum atomic E-state index is 11.9. The van der Waals surface area contributed by atoms with Crippen LogP contribution in [-0.2, 0) is 9.53 Å². The van der Waals surface area contributed by atoms with Crippen molar-refractivity contribution in [3.05, 3.63) is 0 Å². The maximum absolute atomic E-state index is 11.9. The van der Waals surface area contributed by atoms with Crippen LogP contribution in [0.5, 0.6) is 0 Å². The number of carbonyl (C=O) groups is 2. The first-order chi connectivity index (χ1) is 8.99. The van der Waals surface area contributed by atoms with Crippen molar-refractivity contribution in [3.8, 4) is 0 Å². The molecule has 0 aliphatic carbocycles. The fraction of sp³-hybridized carbons (Fsp3) is 0.846. The molecule has 1 rings (SSSR count). The van der Waals surface area contributed by atoms with Crippen molar-refractivity contribution in [2.75, 3.05) is 26.2 Å².